The van der Waals surface area contributed by atoms with Crippen molar-refractivity contribution in [2.75, 3.05) is 6.61 Å². The van der Waals surface area contributed by atoms with Gasteiger partial charge < -0.3 is 4.74 Å². The van der Waals surface area contributed by atoms with Gasteiger partial charge in [-0.15, -0.1) is 11.3 Å². The van der Waals surface area contributed by atoms with Crippen molar-refractivity contribution >= 4 is 17.2 Å². The Hall–Kier alpha value is -1.92. The molecule has 1 aromatic heterocycles. The van der Waals surface area contributed by atoms with Gasteiger partial charge in [-0.25, -0.2) is 10.8 Å². The van der Waals surface area contributed by atoms with Crippen molar-refractivity contribution < 1.29 is 9.53 Å². The monoisotopic (exact) mass is 291 g/mol. The Balaban J connectivity index is 1.91. The van der Waals surface area contributed by atoms with Crippen LogP contribution in [0.3, 0.4) is 0 Å². The van der Waals surface area contributed by atoms with Gasteiger partial charge in [0.2, 0.25) is 0 Å². The summed E-state index contributed by atoms with van der Waals surface area (Å²) in [5, 5.41) is 0.855. The maximum atomic E-state index is 11.3. The first-order chi connectivity index (χ1) is 9.60. The number of carbonyl (C=O) groups is 1. The van der Waals surface area contributed by atoms with E-state index in [1.165, 1.54) is 23.1 Å². The van der Waals surface area contributed by atoms with Crippen molar-refractivity contribution in [2.24, 2.45) is 5.84 Å². The summed E-state index contributed by atoms with van der Waals surface area (Å²) < 4.78 is 5.76. The molecule has 5 nitrogen and oxygen atoms in total. The number of benzene rings is 1. The minimum Gasteiger partial charge on any atom is -0.493 e. The van der Waals surface area contributed by atoms with Crippen LogP contribution in [0.15, 0.2) is 24.4 Å². The molecule has 6 heteroatoms. The molecule has 0 aliphatic rings. The second-order valence-corrected chi connectivity index (χ2v) is 5.57. The largest absolute Gasteiger partial charge is 0.493 e. The minimum absolute atomic E-state index is 0.316. The van der Waals surface area contributed by atoms with Crippen molar-refractivity contribution in [2.45, 2.75) is 20.3 Å². The lowest BCUT2D eigenvalue weighted by Gasteiger charge is -2.08. The van der Waals surface area contributed by atoms with Crippen LogP contribution in [0, 0.1) is 13.8 Å². The topological polar surface area (TPSA) is 77.2 Å². The van der Waals surface area contributed by atoms with Gasteiger partial charge >= 0.3 is 0 Å². The molecule has 106 valence electrons. The van der Waals surface area contributed by atoms with Gasteiger partial charge in [0.15, 0.2) is 0 Å². The molecule has 3 N–H and O–H groups in total. The molecular formula is C14H17N3O2S. The zero-order chi connectivity index (χ0) is 14.5. The maximum absolute atomic E-state index is 11.3. The molecule has 2 rings (SSSR count). The van der Waals surface area contributed by atoms with Crippen LogP contribution in [0.4, 0.5) is 0 Å². The number of amides is 1. The Bertz CT molecular complexity index is 610. The minimum atomic E-state index is -0.316. The fraction of sp³-hybridized carbons (Fsp3) is 0.286. The van der Waals surface area contributed by atoms with E-state index in [0.29, 0.717) is 17.9 Å². The Morgan fingerprint density at radius 2 is 2.25 bits per heavy atom. The SMILES string of the molecule is Cc1ccc(C)c(OCCc2ncc(C(=O)NN)s2)c1. The molecule has 20 heavy (non-hydrogen) atoms. The van der Waals surface area contributed by atoms with Crippen molar-refractivity contribution in [3.05, 3.63) is 45.4 Å². The van der Waals surface area contributed by atoms with Gasteiger partial charge in [0, 0.05) is 6.42 Å². The third-order valence-electron chi connectivity index (χ3n) is 2.83. The first-order valence-electron chi connectivity index (χ1n) is 6.26. The fourth-order valence-electron chi connectivity index (χ4n) is 1.71. The smallest absolute Gasteiger partial charge is 0.276 e. The van der Waals surface area contributed by atoms with Crippen LogP contribution >= 0.6 is 11.3 Å². The number of nitrogens with zero attached hydrogens (tertiary/aromatic N) is 1. The van der Waals surface area contributed by atoms with E-state index in [-0.39, 0.29) is 5.91 Å². The van der Waals surface area contributed by atoms with Gasteiger partial charge in [0.05, 0.1) is 17.8 Å². The predicted molar refractivity (Wildman–Crippen MR) is 78.9 cm³/mol. The molecule has 0 saturated carbocycles. The molecule has 0 aliphatic carbocycles. The van der Waals surface area contributed by atoms with Gasteiger partial charge in [-0.1, -0.05) is 12.1 Å². The Morgan fingerprint density at radius 1 is 1.45 bits per heavy atom. The van der Waals surface area contributed by atoms with Crippen LogP contribution < -0.4 is 16.0 Å². The summed E-state index contributed by atoms with van der Waals surface area (Å²) in [6, 6.07) is 6.11. The van der Waals surface area contributed by atoms with E-state index in [9.17, 15) is 4.79 Å². The number of nitrogens with one attached hydrogen (secondary N) is 1. The third-order valence-corrected chi connectivity index (χ3v) is 3.88. The van der Waals surface area contributed by atoms with E-state index in [4.69, 9.17) is 10.6 Å². The number of nitrogen functional groups attached to an aromatic ring is 1. The molecule has 1 aromatic carbocycles. The number of hydrazine groups is 1. The Kier molecular flexibility index (Phi) is 4.70. The number of hydrogen-bond donors (Lipinski definition) is 2. The van der Waals surface area contributed by atoms with Crippen LogP contribution in [0.2, 0.25) is 0 Å². The number of carbonyl (C=O) groups excluding carboxylic acids is 1. The van der Waals surface area contributed by atoms with Crippen molar-refractivity contribution in [3.8, 4) is 5.75 Å². The summed E-state index contributed by atoms with van der Waals surface area (Å²) in [4.78, 5) is 16.0. The van der Waals surface area contributed by atoms with Crippen molar-refractivity contribution in [1.82, 2.24) is 10.4 Å². The van der Waals surface area contributed by atoms with Gasteiger partial charge in [0.1, 0.15) is 10.6 Å². The van der Waals surface area contributed by atoms with E-state index in [1.54, 1.807) is 0 Å². The zero-order valence-electron chi connectivity index (χ0n) is 11.5. The highest BCUT2D eigenvalue weighted by atomic mass is 32.1. The summed E-state index contributed by atoms with van der Waals surface area (Å²) >= 11 is 1.32. The average Bonchev–Trinajstić information content (AvgIpc) is 2.90. The molecule has 0 spiro atoms. The zero-order valence-corrected chi connectivity index (χ0v) is 12.3. The molecule has 1 heterocycles. The van der Waals surface area contributed by atoms with E-state index >= 15 is 0 Å². The average molecular weight is 291 g/mol. The van der Waals surface area contributed by atoms with Gasteiger partial charge in [-0.3, -0.25) is 10.2 Å². The molecule has 0 aliphatic heterocycles. The predicted octanol–water partition coefficient (Wildman–Crippen LogP) is 1.98. The van der Waals surface area contributed by atoms with Gasteiger partial charge in [-0.2, -0.15) is 0 Å². The first kappa shape index (κ1) is 14.5. The summed E-state index contributed by atoms with van der Waals surface area (Å²) in [6.45, 7) is 4.58. The van der Waals surface area contributed by atoms with Crippen molar-refractivity contribution in [3.63, 3.8) is 0 Å². The maximum Gasteiger partial charge on any atom is 0.276 e. The third kappa shape index (κ3) is 3.55. The number of rotatable bonds is 5. The molecule has 1 amide bonds. The molecule has 0 fully saturated rings. The summed E-state index contributed by atoms with van der Waals surface area (Å²) in [7, 11) is 0. The number of thiazole rings is 1. The van der Waals surface area contributed by atoms with E-state index in [0.717, 1.165) is 16.3 Å². The second-order valence-electron chi connectivity index (χ2n) is 4.46. The Morgan fingerprint density at radius 3 is 3.00 bits per heavy atom. The highest BCUT2D eigenvalue weighted by Crippen LogP contribution is 2.20. The van der Waals surface area contributed by atoms with E-state index in [2.05, 4.69) is 16.5 Å². The summed E-state index contributed by atoms with van der Waals surface area (Å²) in [6.07, 6.45) is 2.19. The van der Waals surface area contributed by atoms with E-state index in [1.807, 2.05) is 26.0 Å². The lowest BCUT2D eigenvalue weighted by atomic mass is 10.1. The van der Waals surface area contributed by atoms with Crippen LogP contribution in [-0.4, -0.2) is 17.5 Å². The second kappa shape index (κ2) is 6.49. The standard InChI is InChI=1S/C14H17N3O2S/c1-9-3-4-10(2)11(7-9)19-6-5-13-16-8-12(20-13)14(18)17-15/h3-4,7-8H,5-6,15H2,1-2H3,(H,17,18). The molecule has 0 radical (unpaired) electrons. The molecule has 0 bridgehead atoms. The number of hydrogen-bond acceptors (Lipinski definition) is 5. The van der Waals surface area contributed by atoms with Gasteiger partial charge in [0.25, 0.3) is 5.91 Å². The van der Waals surface area contributed by atoms with Crippen LogP contribution in [-0.2, 0) is 6.42 Å². The van der Waals surface area contributed by atoms with Crippen molar-refractivity contribution in [1.29, 1.82) is 0 Å². The first-order valence-corrected chi connectivity index (χ1v) is 7.07. The lowest BCUT2D eigenvalue weighted by molar-refractivity contribution is 0.0957. The quantitative estimate of drug-likeness (QED) is 0.502. The van der Waals surface area contributed by atoms with Gasteiger partial charge in [-0.05, 0) is 31.0 Å². The molecule has 0 saturated heterocycles. The summed E-state index contributed by atoms with van der Waals surface area (Å²) in [5.74, 6) is 5.65. The Labute approximate surface area is 121 Å². The molecule has 0 unspecified atom stereocenters. The number of ether oxygens (including phenoxy) is 1. The van der Waals surface area contributed by atoms with Crippen LogP contribution in [0.25, 0.3) is 0 Å². The molecule has 2 aromatic rings. The summed E-state index contributed by atoms with van der Waals surface area (Å²) in [5.41, 5.74) is 4.37. The van der Waals surface area contributed by atoms with Crippen LogP contribution in [0.1, 0.15) is 25.8 Å². The van der Waals surface area contributed by atoms with Crippen LogP contribution in [0.5, 0.6) is 5.75 Å². The number of aromatic nitrogens is 1. The molecular weight excluding hydrogens is 274 g/mol. The highest BCUT2D eigenvalue weighted by molar-refractivity contribution is 7.13. The fourth-order valence-corrected chi connectivity index (χ4v) is 2.51. The number of aryl methyl sites for hydroxylation is 2. The molecule has 0 atom stereocenters. The number of nitrogens with two attached hydrogens (primary N) is 1. The lowest BCUT2D eigenvalue weighted by Crippen LogP contribution is -2.29. The normalized spacial score (nSPS) is 10.3. The highest BCUT2D eigenvalue weighted by Gasteiger charge is 2.09. The van der Waals surface area contributed by atoms with E-state index < -0.39 is 0 Å².